The standard InChI is InChI=1S/C22H31ClN6O2/c1-14(11-19(30)17-12-25-28(3)13-17)22(31)29-9-4-5-16(8-10-29)6-7-18-20(23)26-15(2)27-21(18)24/h12-14,16H,4-11H2,1-3H3,(H2,24,26,27)/t14-,16?/m1/s1. The fraction of sp³-hybridized carbons (Fsp3) is 0.591. The Morgan fingerprint density at radius 1 is 1.29 bits per heavy atom. The highest BCUT2D eigenvalue weighted by Gasteiger charge is 2.26. The van der Waals surface area contributed by atoms with Crippen LogP contribution < -0.4 is 5.73 Å². The Labute approximate surface area is 188 Å². The lowest BCUT2D eigenvalue weighted by molar-refractivity contribution is -0.134. The van der Waals surface area contributed by atoms with Crippen molar-refractivity contribution in [3.8, 4) is 0 Å². The van der Waals surface area contributed by atoms with Crippen LogP contribution in [-0.2, 0) is 18.3 Å². The van der Waals surface area contributed by atoms with Gasteiger partial charge in [-0.05, 0) is 44.9 Å². The maximum atomic E-state index is 12.9. The van der Waals surface area contributed by atoms with Gasteiger partial charge in [0.2, 0.25) is 5.91 Å². The van der Waals surface area contributed by atoms with Crippen LogP contribution in [0.15, 0.2) is 12.4 Å². The number of hydrogen-bond acceptors (Lipinski definition) is 6. The van der Waals surface area contributed by atoms with E-state index < -0.39 is 0 Å². The number of ketones is 1. The van der Waals surface area contributed by atoms with Crippen LogP contribution in [-0.4, -0.2) is 49.4 Å². The number of carbonyl (C=O) groups is 2. The lowest BCUT2D eigenvalue weighted by Crippen LogP contribution is -2.36. The average molecular weight is 447 g/mol. The molecule has 3 rings (SSSR count). The van der Waals surface area contributed by atoms with Crippen LogP contribution in [0.2, 0.25) is 5.15 Å². The third-order valence-corrected chi connectivity index (χ3v) is 6.31. The maximum Gasteiger partial charge on any atom is 0.225 e. The fourth-order valence-corrected chi connectivity index (χ4v) is 4.51. The van der Waals surface area contributed by atoms with Gasteiger partial charge in [-0.2, -0.15) is 5.10 Å². The van der Waals surface area contributed by atoms with E-state index in [1.54, 1.807) is 31.0 Å². The van der Waals surface area contributed by atoms with Crippen molar-refractivity contribution in [3.63, 3.8) is 0 Å². The van der Waals surface area contributed by atoms with Gasteiger partial charge in [-0.25, -0.2) is 9.97 Å². The van der Waals surface area contributed by atoms with Crippen LogP contribution in [0.3, 0.4) is 0 Å². The summed E-state index contributed by atoms with van der Waals surface area (Å²) in [6.45, 7) is 5.05. The molecule has 168 valence electrons. The summed E-state index contributed by atoms with van der Waals surface area (Å²) in [5, 5.41) is 4.46. The first-order valence-corrected chi connectivity index (χ1v) is 11.2. The Morgan fingerprint density at radius 3 is 2.74 bits per heavy atom. The van der Waals surface area contributed by atoms with Gasteiger partial charge < -0.3 is 10.6 Å². The van der Waals surface area contributed by atoms with E-state index in [1.807, 2.05) is 11.8 Å². The zero-order valence-corrected chi connectivity index (χ0v) is 19.2. The molecule has 1 aliphatic rings. The van der Waals surface area contributed by atoms with Gasteiger partial charge in [0.1, 0.15) is 16.8 Å². The van der Waals surface area contributed by atoms with Gasteiger partial charge in [0.25, 0.3) is 0 Å². The molecule has 31 heavy (non-hydrogen) atoms. The van der Waals surface area contributed by atoms with E-state index in [-0.39, 0.29) is 24.0 Å². The number of hydrogen-bond donors (Lipinski definition) is 1. The highest BCUT2D eigenvalue weighted by atomic mass is 35.5. The smallest absolute Gasteiger partial charge is 0.225 e. The molecule has 1 fully saturated rings. The van der Waals surface area contributed by atoms with Crippen LogP contribution in [0.25, 0.3) is 0 Å². The highest BCUT2D eigenvalue weighted by molar-refractivity contribution is 6.30. The summed E-state index contributed by atoms with van der Waals surface area (Å²) < 4.78 is 1.60. The first-order chi connectivity index (χ1) is 14.7. The molecule has 1 amide bonds. The third kappa shape index (κ3) is 6.03. The zero-order chi connectivity index (χ0) is 22.5. The van der Waals surface area contributed by atoms with Crippen molar-refractivity contribution in [2.45, 2.75) is 52.4 Å². The number of aromatic nitrogens is 4. The quantitative estimate of drug-likeness (QED) is 0.516. The molecule has 1 saturated heterocycles. The number of amides is 1. The molecular formula is C22H31ClN6O2. The van der Waals surface area contributed by atoms with Gasteiger partial charge in [-0.1, -0.05) is 18.5 Å². The fourth-order valence-electron chi connectivity index (χ4n) is 4.20. The number of aryl methyl sites for hydroxylation is 2. The minimum atomic E-state index is -0.340. The molecule has 8 nitrogen and oxygen atoms in total. The van der Waals surface area contributed by atoms with Crippen molar-refractivity contribution >= 4 is 29.1 Å². The first kappa shape index (κ1) is 23.2. The molecule has 2 atom stereocenters. The summed E-state index contributed by atoms with van der Waals surface area (Å²) in [6, 6.07) is 0. The van der Waals surface area contributed by atoms with Crippen molar-refractivity contribution < 1.29 is 9.59 Å². The van der Waals surface area contributed by atoms with Crippen LogP contribution >= 0.6 is 11.6 Å². The van der Waals surface area contributed by atoms with E-state index in [0.717, 1.165) is 44.2 Å². The average Bonchev–Trinajstić information content (AvgIpc) is 3.01. The molecule has 0 spiro atoms. The minimum absolute atomic E-state index is 0.0450. The second-order valence-electron chi connectivity index (χ2n) is 8.52. The number of nitrogen functional groups attached to an aromatic ring is 1. The molecule has 3 heterocycles. The number of halogens is 1. The van der Waals surface area contributed by atoms with Gasteiger partial charge in [0.15, 0.2) is 5.78 Å². The SMILES string of the molecule is Cc1nc(N)c(CCC2CCCN(C(=O)[C@H](C)CC(=O)c3cnn(C)c3)CC2)c(Cl)n1. The maximum absolute atomic E-state index is 12.9. The van der Waals surface area contributed by atoms with Gasteiger partial charge in [0.05, 0.1) is 11.8 Å². The van der Waals surface area contributed by atoms with Crippen molar-refractivity contribution in [1.29, 1.82) is 0 Å². The largest absolute Gasteiger partial charge is 0.383 e. The molecule has 0 aromatic carbocycles. The van der Waals surface area contributed by atoms with Crippen molar-refractivity contribution in [1.82, 2.24) is 24.6 Å². The number of anilines is 1. The molecule has 0 saturated carbocycles. The van der Waals surface area contributed by atoms with E-state index in [9.17, 15) is 9.59 Å². The number of Topliss-reactive ketones (excluding diaryl/α,β-unsaturated/α-hetero) is 1. The molecule has 2 N–H and O–H groups in total. The lowest BCUT2D eigenvalue weighted by Gasteiger charge is -2.24. The van der Waals surface area contributed by atoms with Gasteiger partial charge >= 0.3 is 0 Å². The molecule has 2 aromatic heterocycles. The topological polar surface area (TPSA) is 107 Å². The monoisotopic (exact) mass is 446 g/mol. The van der Waals surface area contributed by atoms with Crippen molar-refractivity contribution in [2.75, 3.05) is 18.8 Å². The van der Waals surface area contributed by atoms with E-state index in [1.165, 1.54) is 0 Å². The summed E-state index contributed by atoms with van der Waals surface area (Å²) in [4.78, 5) is 35.7. The highest BCUT2D eigenvalue weighted by Crippen LogP contribution is 2.27. The van der Waals surface area contributed by atoms with Crippen LogP contribution in [0, 0.1) is 18.8 Å². The Hall–Kier alpha value is -2.48. The van der Waals surface area contributed by atoms with Gasteiger partial charge in [0, 0.05) is 44.2 Å². The van der Waals surface area contributed by atoms with E-state index in [4.69, 9.17) is 17.3 Å². The molecule has 1 unspecified atom stereocenters. The summed E-state index contributed by atoms with van der Waals surface area (Å²) in [5.41, 5.74) is 7.39. The normalized spacial score (nSPS) is 17.9. The number of nitrogens with zero attached hydrogens (tertiary/aromatic N) is 5. The summed E-state index contributed by atoms with van der Waals surface area (Å²) in [5.74, 6) is 1.18. The van der Waals surface area contributed by atoms with E-state index >= 15 is 0 Å². The lowest BCUT2D eigenvalue weighted by atomic mass is 9.93. The predicted molar refractivity (Wildman–Crippen MR) is 120 cm³/mol. The summed E-state index contributed by atoms with van der Waals surface area (Å²) in [7, 11) is 1.77. The molecule has 0 radical (unpaired) electrons. The number of likely N-dealkylation sites (tertiary alicyclic amines) is 1. The van der Waals surface area contributed by atoms with Crippen LogP contribution in [0.4, 0.5) is 5.82 Å². The Balaban J connectivity index is 1.51. The van der Waals surface area contributed by atoms with Crippen molar-refractivity contribution in [2.24, 2.45) is 18.9 Å². The third-order valence-electron chi connectivity index (χ3n) is 6.00. The Morgan fingerprint density at radius 2 is 2.06 bits per heavy atom. The molecule has 2 aromatic rings. The first-order valence-electron chi connectivity index (χ1n) is 10.8. The van der Waals surface area contributed by atoms with E-state index in [2.05, 4.69) is 15.1 Å². The van der Waals surface area contributed by atoms with Crippen LogP contribution in [0.5, 0.6) is 0 Å². The predicted octanol–water partition coefficient (Wildman–Crippen LogP) is 3.22. The van der Waals surface area contributed by atoms with E-state index in [0.29, 0.717) is 34.8 Å². The van der Waals surface area contributed by atoms with Crippen LogP contribution in [0.1, 0.15) is 60.8 Å². The minimum Gasteiger partial charge on any atom is -0.383 e. The van der Waals surface area contributed by atoms with Crippen molar-refractivity contribution in [3.05, 3.63) is 34.5 Å². The number of rotatable bonds is 7. The Kier molecular flexibility index (Phi) is 7.64. The molecule has 0 bridgehead atoms. The molecule has 9 heteroatoms. The molecule has 0 aliphatic carbocycles. The summed E-state index contributed by atoms with van der Waals surface area (Å²) in [6.07, 6.45) is 8.05. The van der Waals surface area contributed by atoms with Gasteiger partial charge in [-0.3, -0.25) is 14.3 Å². The number of nitrogens with two attached hydrogens (primary N) is 1. The summed E-state index contributed by atoms with van der Waals surface area (Å²) >= 11 is 6.25. The molecule has 1 aliphatic heterocycles. The number of carbonyl (C=O) groups excluding carboxylic acids is 2. The molecular weight excluding hydrogens is 416 g/mol. The Bertz CT molecular complexity index is 921. The van der Waals surface area contributed by atoms with Gasteiger partial charge in [-0.15, -0.1) is 0 Å². The zero-order valence-electron chi connectivity index (χ0n) is 18.5. The second kappa shape index (κ2) is 10.2. The second-order valence-corrected chi connectivity index (χ2v) is 8.88.